The molecule has 1 N–H and O–H groups in total. The van der Waals surface area contributed by atoms with Gasteiger partial charge in [-0.1, -0.05) is 47.1 Å². The molecule has 0 fully saturated rings. The molecule has 0 saturated heterocycles. The van der Waals surface area contributed by atoms with Gasteiger partial charge >= 0.3 is 0 Å². The van der Waals surface area contributed by atoms with Crippen molar-refractivity contribution in [2.24, 2.45) is 0 Å². The van der Waals surface area contributed by atoms with E-state index in [1.165, 1.54) is 23.1 Å². The molecule has 0 saturated carbocycles. The van der Waals surface area contributed by atoms with E-state index < -0.39 is 0 Å². The maximum absolute atomic E-state index is 12.7. The number of amides is 1. The summed E-state index contributed by atoms with van der Waals surface area (Å²) in [6.07, 6.45) is 3.96. The Bertz CT molecular complexity index is 1490. The molecule has 0 aliphatic heterocycles. The number of halogens is 2. The van der Waals surface area contributed by atoms with Crippen LogP contribution in [0.5, 0.6) is 0 Å². The highest BCUT2D eigenvalue weighted by molar-refractivity contribution is 7.99. The van der Waals surface area contributed by atoms with E-state index in [2.05, 4.69) is 20.5 Å². The number of carbonyl (C=O) groups is 1. The van der Waals surface area contributed by atoms with Crippen molar-refractivity contribution in [2.75, 3.05) is 11.1 Å². The van der Waals surface area contributed by atoms with Crippen LogP contribution in [0.2, 0.25) is 10.0 Å². The maximum atomic E-state index is 12.7. The molecule has 5 aromatic rings. The lowest BCUT2D eigenvalue weighted by Gasteiger charge is -2.10. The first-order chi connectivity index (χ1) is 17.4. The Morgan fingerprint density at radius 2 is 1.94 bits per heavy atom. The minimum absolute atomic E-state index is 0.140. The monoisotopic (exact) mass is 555 g/mol. The second-order valence-corrected chi connectivity index (χ2v) is 10.8. The highest BCUT2D eigenvalue weighted by atomic mass is 35.5. The predicted octanol–water partition coefficient (Wildman–Crippen LogP) is 6.92. The number of nitrogens with zero attached hydrogens (tertiary/aromatic N) is 4. The minimum Gasteiger partial charge on any atom is -0.461 e. The lowest BCUT2D eigenvalue weighted by atomic mass is 10.1. The maximum Gasteiger partial charge on any atom is 0.236 e. The molecule has 0 spiro atoms. The van der Waals surface area contributed by atoms with Crippen molar-refractivity contribution >= 4 is 57.3 Å². The van der Waals surface area contributed by atoms with Crippen molar-refractivity contribution in [1.82, 2.24) is 19.7 Å². The number of furan rings is 1. The number of hydrogen-bond donors (Lipinski definition) is 1. The van der Waals surface area contributed by atoms with E-state index in [4.69, 9.17) is 27.6 Å². The number of rotatable bonds is 8. The fraction of sp³-hybridized carbons (Fsp3) is 0.120. The third-order valence-electron chi connectivity index (χ3n) is 5.07. The van der Waals surface area contributed by atoms with Gasteiger partial charge in [-0.15, -0.1) is 21.5 Å². The number of aryl methyl sites for hydroxylation is 1. The van der Waals surface area contributed by atoms with E-state index in [-0.39, 0.29) is 11.7 Å². The molecular formula is C25H19Cl2N5O2S2. The van der Waals surface area contributed by atoms with Gasteiger partial charge in [-0.25, -0.2) is 4.98 Å². The quantitative estimate of drug-likeness (QED) is 0.209. The second-order valence-electron chi connectivity index (χ2n) is 7.88. The van der Waals surface area contributed by atoms with Gasteiger partial charge in [0, 0.05) is 27.5 Å². The first kappa shape index (κ1) is 24.6. The van der Waals surface area contributed by atoms with Crippen LogP contribution in [0.4, 0.5) is 5.13 Å². The van der Waals surface area contributed by atoms with Gasteiger partial charge < -0.3 is 9.73 Å². The highest BCUT2D eigenvalue weighted by Gasteiger charge is 2.19. The van der Waals surface area contributed by atoms with Gasteiger partial charge in [0.15, 0.2) is 16.0 Å². The molecule has 182 valence electrons. The topological polar surface area (TPSA) is 85.8 Å². The van der Waals surface area contributed by atoms with Gasteiger partial charge in [0.1, 0.15) is 0 Å². The summed E-state index contributed by atoms with van der Waals surface area (Å²) in [4.78, 5) is 18.0. The lowest BCUT2D eigenvalue weighted by molar-refractivity contribution is -0.113. The van der Waals surface area contributed by atoms with Gasteiger partial charge in [0.05, 0.1) is 17.7 Å². The largest absolute Gasteiger partial charge is 0.461 e. The first-order valence-corrected chi connectivity index (χ1v) is 13.4. The summed E-state index contributed by atoms with van der Waals surface area (Å²) in [7, 11) is 0. The molecule has 7 nitrogen and oxygen atoms in total. The highest BCUT2D eigenvalue weighted by Crippen LogP contribution is 2.29. The van der Waals surface area contributed by atoms with Gasteiger partial charge in [-0.3, -0.25) is 9.36 Å². The molecule has 0 radical (unpaired) electrons. The second kappa shape index (κ2) is 10.9. The Morgan fingerprint density at radius 1 is 1.11 bits per heavy atom. The Hall–Kier alpha value is -3.11. The van der Waals surface area contributed by atoms with E-state index in [1.54, 1.807) is 24.6 Å². The van der Waals surface area contributed by atoms with Crippen LogP contribution in [0.25, 0.3) is 17.3 Å². The van der Waals surface area contributed by atoms with Crippen molar-refractivity contribution in [3.8, 4) is 17.3 Å². The van der Waals surface area contributed by atoms with E-state index >= 15 is 0 Å². The van der Waals surface area contributed by atoms with E-state index in [0.717, 1.165) is 21.7 Å². The van der Waals surface area contributed by atoms with Crippen LogP contribution in [-0.4, -0.2) is 31.4 Å². The molecule has 5 rings (SSSR count). The molecule has 11 heteroatoms. The Balaban J connectivity index is 1.27. The molecule has 0 unspecified atom stereocenters. The molecule has 36 heavy (non-hydrogen) atoms. The zero-order valence-electron chi connectivity index (χ0n) is 18.9. The summed E-state index contributed by atoms with van der Waals surface area (Å²) < 4.78 is 7.44. The zero-order chi connectivity index (χ0) is 25.1. The van der Waals surface area contributed by atoms with Crippen LogP contribution >= 0.6 is 46.3 Å². The number of thiazole rings is 1. The smallest absolute Gasteiger partial charge is 0.236 e. The van der Waals surface area contributed by atoms with Crippen LogP contribution in [0, 0.1) is 6.92 Å². The van der Waals surface area contributed by atoms with E-state index in [9.17, 15) is 4.79 Å². The van der Waals surface area contributed by atoms with Gasteiger partial charge in [-0.2, -0.15) is 0 Å². The number of aromatic nitrogens is 4. The summed E-state index contributed by atoms with van der Waals surface area (Å²) >= 11 is 14.9. The van der Waals surface area contributed by atoms with Crippen LogP contribution < -0.4 is 5.32 Å². The Labute approximate surface area is 225 Å². The van der Waals surface area contributed by atoms with Crippen molar-refractivity contribution in [1.29, 1.82) is 0 Å². The van der Waals surface area contributed by atoms with Crippen molar-refractivity contribution in [2.45, 2.75) is 18.5 Å². The summed E-state index contributed by atoms with van der Waals surface area (Å²) in [6, 6.07) is 17.0. The van der Waals surface area contributed by atoms with Gasteiger partial charge in [0.2, 0.25) is 11.7 Å². The Morgan fingerprint density at radius 3 is 2.69 bits per heavy atom. The molecule has 0 bridgehead atoms. The van der Waals surface area contributed by atoms with Crippen molar-refractivity contribution < 1.29 is 9.21 Å². The number of carbonyl (C=O) groups excluding carboxylic acids is 1. The fourth-order valence-electron chi connectivity index (χ4n) is 3.58. The number of anilines is 1. The van der Waals surface area contributed by atoms with E-state index in [1.807, 2.05) is 54.0 Å². The average Bonchev–Trinajstić information content (AvgIpc) is 3.58. The number of nitrogens with one attached hydrogen (secondary N) is 1. The van der Waals surface area contributed by atoms with Gasteiger partial charge in [0.25, 0.3) is 0 Å². The third-order valence-corrected chi connectivity index (χ3v) is 7.35. The van der Waals surface area contributed by atoms with Crippen LogP contribution in [0.3, 0.4) is 0 Å². The number of thioether (sulfide) groups is 1. The van der Waals surface area contributed by atoms with Crippen LogP contribution in [-0.2, 0) is 11.2 Å². The minimum atomic E-state index is -0.190. The standard InChI is InChI=1S/C25H19Cl2N5O2S2/c1-15-4-2-5-19(8-15)32-23(21-6-3-7-34-21)30-31-25(32)35-14-22(33)29-24-28-13-20(36-24)11-16-9-17(26)12-18(27)10-16/h2-10,12-13H,11,14H2,1H3,(H,28,29,33). The molecule has 3 heterocycles. The fourth-order valence-corrected chi connectivity index (χ4v) is 5.76. The molecule has 0 aliphatic rings. The summed E-state index contributed by atoms with van der Waals surface area (Å²) in [6.45, 7) is 2.02. The van der Waals surface area contributed by atoms with Crippen molar-refractivity contribution in [3.63, 3.8) is 0 Å². The molecule has 1 amide bonds. The van der Waals surface area contributed by atoms with Crippen LogP contribution in [0.15, 0.2) is 76.6 Å². The zero-order valence-corrected chi connectivity index (χ0v) is 22.1. The molecular weight excluding hydrogens is 537 g/mol. The molecule has 0 atom stereocenters. The van der Waals surface area contributed by atoms with Gasteiger partial charge in [-0.05, 0) is 60.5 Å². The van der Waals surface area contributed by atoms with Crippen molar-refractivity contribution in [3.05, 3.63) is 93.1 Å². The summed E-state index contributed by atoms with van der Waals surface area (Å²) in [5.41, 5.74) is 2.97. The average molecular weight is 557 g/mol. The summed E-state index contributed by atoms with van der Waals surface area (Å²) in [5, 5.41) is 13.8. The third kappa shape index (κ3) is 5.82. The molecule has 3 aromatic heterocycles. The predicted molar refractivity (Wildman–Crippen MR) is 145 cm³/mol. The first-order valence-electron chi connectivity index (χ1n) is 10.8. The lowest BCUT2D eigenvalue weighted by Crippen LogP contribution is -2.14. The molecule has 0 aliphatic carbocycles. The SMILES string of the molecule is Cc1cccc(-n2c(SCC(=O)Nc3ncc(Cc4cc(Cl)cc(Cl)c4)s3)nnc2-c2ccco2)c1. The van der Waals surface area contributed by atoms with E-state index in [0.29, 0.717) is 38.3 Å². The summed E-state index contributed by atoms with van der Waals surface area (Å²) in [5.74, 6) is 1.11. The number of benzene rings is 2. The molecule has 2 aromatic carbocycles. The van der Waals surface area contributed by atoms with Crippen LogP contribution in [0.1, 0.15) is 16.0 Å². The Kier molecular flexibility index (Phi) is 7.43. The normalized spacial score (nSPS) is 11.1. The number of hydrogen-bond acceptors (Lipinski definition) is 7.